The van der Waals surface area contributed by atoms with Crippen LogP contribution in [0.25, 0.3) is 0 Å². The molecular formula is C10H12N2O7. The molecule has 19 heavy (non-hydrogen) atoms. The number of hydrogen-bond acceptors (Lipinski definition) is 6. The molecule has 2 fully saturated rings. The zero-order valence-corrected chi connectivity index (χ0v) is 10.1. The van der Waals surface area contributed by atoms with Crippen molar-refractivity contribution < 1.29 is 33.9 Å². The topological polar surface area (TPSA) is 113 Å². The standard InChI is InChI=1S/C10H12N2O7/c1-10(4-11(5-10)8(15)16)18-9(17)19-12-6(13)2-3-7(12)14/h2-5H2,1H3,(H,15,16). The fourth-order valence-electron chi connectivity index (χ4n) is 1.91. The van der Waals surface area contributed by atoms with Gasteiger partial charge in [-0.25, -0.2) is 9.59 Å². The van der Waals surface area contributed by atoms with Gasteiger partial charge in [-0.3, -0.25) is 14.4 Å². The maximum Gasteiger partial charge on any atom is 0.534 e. The summed E-state index contributed by atoms with van der Waals surface area (Å²) in [6, 6.07) is 0. The molecule has 0 aromatic heterocycles. The fourth-order valence-corrected chi connectivity index (χ4v) is 1.91. The lowest BCUT2D eigenvalue weighted by atomic mass is 9.97. The minimum absolute atomic E-state index is 0.00380. The van der Waals surface area contributed by atoms with Crippen LogP contribution < -0.4 is 0 Å². The molecule has 0 aromatic rings. The lowest BCUT2D eigenvalue weighted by Crippen LogP contribution is -2.63. The van der Waals surface area contributed by atoms with Crippen molar-refractivity contribution in [2.45, 2.75) is 25.4 Å². The number of imide groups is 1. The van der Waals surface area contributed by atoms with Crippen molar-refractivity contribution in [1.82, 2.24) is 9.96 Å². The highest BCUT2D eigenvalue weighted by molar-refractivity contribution is 6.01. The van der Waals surface area contributed by atoms with Gasteiger partial charge >= 0.3 is 12.2 Å². The van der Waals surface area contributed by atoms with Crippen molar-refractivity contribution in [2.24, 2.45) is 0 Å². The molecule has 2 aliphatic heterocycles. The van der Waals surface area contributed by atoms with E-state index in [0.717, 1.165) is 4.90 Å². The summed E-state index contributed by atoms with van der Waals surface area (Å²) in [7, 11) is 0. The van der Waals surface area contributed by atoms with Crippen LogP contribution >= 0.6 is 0 Å². The molecule has 2 saturated heterocycles. The summed E-state index contributed by atoms with van der Waals surface area (Å²) in [6.07, 6.45) is -2.32. The minimum atomic E-state index is -1.20. The van der Waals surface area contributed by atoms with E-state index in [1.54, 1.807) is 0 Å². The molecule has 2 rings (SSSR count). The molecular weight excluding hydrogens is 260 g/mol. The summed E-state index contributed by atoms with van der Waals surface area (Å²) in [5.74, 6) is -1.21. The summed E-state index contributed by atoms with van der Waals surface area (Å²) in [5.41, 5.74) is -0.999. The zero-order valence-electron chi connectivity index (χ0n) is 10.1. The predicted octanol–water partition coefficient (Wildman–Crippen LogP) is -0.0441. The van der Waals surface area contributed by atoms with E-state index in [1.165, 1.54) is 6.92 Å². The van der Waals surface area contributed by atoms with Gasteiger partial charge in [-0.05, 0) is 6.92 Å². The Morgan fingerprint density at radius 3 is 2.21 bits per heavy atom. The van der Waals surface area contributed by atoms with Crippen LogP contribution in [-0.2, 0) is 19.2 Å². The number of carbonyl (C=O) groups excluding carboxylic acids is 3. The Morgan fingerprint density at radius 1 is 1.21 bits per heavy atom. The first-order valence-electron chi connectivity index (χ1n) is 5.55. The molecule has 0 radical (unpaired) electrons. The van der Waals surface area contributed by atoms with Crippen molar-refractivity contribution in [3.8, 4) is 0 Å². The highest BCUT2D eigenvalue weighted by Crippen LogP contribution is 2.25. The molecule has 1 N–H and O–H groups in total. The maximum absolute atomic E-state index is 11.4. The van der Waals surface area contributed by atoms with Crippen LogP contribution in [0, 0.1) is 0 Å². The zero-order chi connectivity index (χ0) is 14.2. The Hall–Kier alpha value is -2.32. The van der Waals surface area contributed by atoms with E-state index < -0.39 is 29.7 Å². The first-order chi connectivity index (χ1) is 8.81. The van der Waals surface area contributed by atoms with Crippen molar-refractivity contribution in [3.05, 3.63) is 0 Å². The molecule has 0 unspecified atom stereocenters. The molecule has 2 aliphatic rings. The molecule has 0 atom stereocenters. The Labute approximate surface area is 107 Å². The fraction of sp³-hybridized carbons (Fsp3) is 0.600. The van der Waals surface area contributed by atoms with Gasteiger partial charge in [-0.15, -0.1) is 0 Å². The third kappa shape index (κ3) is 2.59. The Kier molecular flexibility index (Phi) is 3.05. The first-order valence-corrected chi connectivity index (χ1v) is 5.55. The summed E-state index contributed by atoms with van der Waals surface area (Å²) in [6.45, 7) is 1.56. The second-order valence-corrected chi connectivity index (χ2v) is 4.61. The van der Waals surface area contributed by atoms with Crippen LogP contribution in [0.5, 0.6) is 0 Å². The van der Waals surface area contributed by atoms with Crippen LogP contribution in [0.3, 0.4) is 0 Å². The number of carboxylic acid groups (broad SMARTS) is 1. The van der Waals surface area contributed by atoms with Gasteiger partial charge in [0.2, 0.25) is 0 Å². The third-order valence-corrected chi connectivity index (χ3v) is 2.82. The van der Waals surface area contributed by atoms with Crippen molar-refractivity contribution in [2.75, 3.05) is 13.1 Å². The van der Waals surface area contributed by atoms with Crippen LogP contribution in [0.15, 0.2) is 0 Å². The second-order valence-electron chi connectivity index (χ2n) is 4.61. The largest absolute Gasteiger partial charge is 0.534 e. The van der Waals surface area contributed by atoms with E-state index in [4.69, 9.17) is 9.84 Å². The molecule has 0 saturated carbocycles. The molecule has 9 nitrogen and oxygen atoms in total. The monoisotopic (exact) mass is 272 g/mol. The summed E-state index contributed by atoms with van der Waals surface area (Å²) in [5, 5.41) is 9.03. The average Bonchev–Trinajstić information content (AvgIpc) is 2.57. The van der Waals surface area contributed by atoms with Gasteiger partial charge in [-0.1, -0.05) is 5.06 Å². The van der Waals surface area contributed by atoms with E-state index >= 15 is 0 Å². The van der Waals surface area contributed by atoms with Crippen LogP contribution in [0.4, 0.5) is 9.59 Å². The second kappa shape index (κ2) is 4.41. The van der Waals surface area contributed by atoms with Gasteiger partial charge in [0.05, 0.1) is 13.1 Å². The van der Waals surface area contributed by atoms with E-state index in [0.29, 0.717) is 5.06 Å². The van der Waals surface area contributed by atoms with Crippen LogP contribution in [-0.4, -0.2) is 57.8 Å². The molecule has 0 aliphatic carbocycles. The number of amides is 3. The summed E-state index contributed by atoms with van der Waals surface area (Å²) in [4.78, 5) is 50.0. The Bertz CT molecular complexity index is 439. The molecule has 2 heterocycles. The van der Waals surface area contributed by atoms with E-state index in [2.05, 4.69) is 4.84 Å². The summed E-state index contributed by atoms with van der Waals surface area (Å²) < 4.78 is 4.90. The van der Waals surface area contributed by atoms with Gasteiger partial charge in [-0.2, -0.15) is 0 Å². The number of rotatable bonds is 2. The van der Waals surface area contributed by atoms with Crippen LogP contribution in [0.1, 0.15) is 19.8 Å². The molecule has 0 spiro atoms. The minimum Gasteiger partial charge on any atom is -0.465 e. The molecule has 3 amide bonds. The molecule has 0 aromatic carbocycles. The van der Waals surface area contributed by atoms with E-state index in [9.17, 15) is 19.2 Å². The first kappa shape index (κ1) is 13.1. The lowest BCUT2D eigenvalue weighted by Gasteiger charge is -2.44. The third-order valence-electron chi connectivity index (χ3n) is 2.82. The Morgan fingerprint density at radius 2 is 1.74 bits per heavy atom. The summed E-state index contributed by atoms with van der Waals surface area (Å²) >= 11 is 0. The smallest absolute Gasteiger partial charge is 0.465 e. The van der Waals surface area contributed by atoms with Gasteiger partial charge in [0.1, 0.15) is 5.60 Å². The predicted molar refractivity (Wildman–Crippen MR) is 56.7 cm³/mol. The van der Waals surface area contributed by atoms with Crippen molar-refractivity contribution >= 4 is 24.1 Å². The maximum atomic E-state index is 11.4. The number of nitrogens with zero attached hydrogens (tertiary/aromatic N) is 2. The SMILES string of the molecule is CC1(OC(=O)ON2C(=O)CCC2=O)CN(C(=O)O)C1. The van der Waals surface area contributed by atoms with E-state index in [-0.39, 0.29) is 25.9 Å². The van der Waals surface area contributed by atoms with Crippen molar-refractivity contribution in [3.63, 3.8) is 0 Å². The number of hydrogen-bond donors (Lipinski definition) is 1. The van der Waals surface area contributed by atoms with E-state index in [1.807, 2.05) is 0 Å². The highest BCUT2D eigenvalue weighted by Gasteiger charge is 2.46. The molecule has 104 valence electrons. The van der Waals surface area contributed by atoms with Gasteiger partial charge in [0.25, 0.3) is 11.8 Å². The van der Waals surface area contributed by atoms with Gasteiger partial charge in [0, 0.05) is 12.8 Å². The van der Waals surface area contributed by atoms with Gasteiger partial charge < -0.3 is 14.7 Å². The van der Waals surface area contributed by atoms with Crippen LogP contribution in [0.2, 0.25) is 0 Å². The number of hydroxylamine groups is 2. The average molecular weight is 272 g/mol. The number of ether oxygens (including phenoxy) is 1. The quantitative estimate of drug-likeness (QED) is 0.554. The number of likely N-dealkylation sites (tertiary alicyclic amines) is 1. The van der Waals surface area contributed by atoms with Crippen molar-refractivity contribution in [1.29, 1.82) is 0 Å². The lowest BCUT2D eigenvalue weighted by molar-refractivity contribution is -0.186. The van der Waals surface area contributed by atoms with Gasteiger partial charge in [0.15, 0.2) is 0 Å². The molecule has 9 heteroatoms. The normalized spacial score (nSPS) is 21.1. The molecule has 0 bridgehead atoms. The highest BCUT2D eigenvalue weighted by atomic mass is 16.8. The Balaban J connectivity index is 1.84. The number of carbonyl (C=O) groups is 4.